The van der Waals surface area contributed by atoms with Crippen LogP contribution in [0.15, 0.2) is 66.4 Å². The molecule has 2 amide bonds. The second kappa shape index (κ2) is 9.57. The summed E-state index contributed by atoms with van der Waals surface area (Å²) in [5.41, 5.74) is -3.12. The average Bonchev–Trinajstić information content (AvgIpc) is 2.71. The van der Waals surface area contributed by atoms with Gasteiger partial charge in [0.2, 0.25) is 5.91 Å². The number of hydrogen-bond donors (Lipinski definition) is 5. The maximum atomic E-state index is 13.8. The van der Waals surface area contributed by atoms with E-state index in [0.29, 0.717) is 0 Å². The van der Waals surface area contributed by atoms with Crippen molar-refractivity contribution in [3.05, 3.63) is 72.2 Å². The molecule has 162 valence electrons. The van der Waals surface area contributed by atoms with Gasteiger partial charge in [-0.1, -0.05) is 6.58 Å². The van der Waals surface area contributed by atoms with Gasteiger partial charge >= 0.3 is 6.18 Å². The van der Waals surface area contributed by atoms with Crippen molar-refractivity contribution in [3.63, 3.8) is 0 Å². The fourth-order valence-electron chi connectivity index (χ4n) is 2.31. The Morgan fingerprint density at radius 1 is 1.00 bits per heavy atom. The highest BCUT2D eigenvalue weighted by molar-refractivity contribution is 6.18. The zero-order valence-corrected chi connectivity index (χ0v) is 15.7. The third-order valence-electron chi connectivity index (χ3n) is 3.75. The van der Waals surface area contributed by atoms with Crippen LogP contribution in [0.25, 0.3) is 0 Å². The molecule has 5 N–H and O–H groups in total. The van der Waals surface area contributed by atoms with Crippen LogP contribution in [-0.4, -0.2) is 29.3 Å². The summed E-state index contributed by atoms with van der Waals surface area (Å²) in [6, 6.07) is 7.53. The van der Waals surface area contributed by atoms with Gasteiger partial charge in [-0.3, -0.25) is 9.59 Å². The van der Waals surface area contributed by atoms with Crippen LogP contribution in [0.4, 0.5) is 34.6 Å². The number of nitrogens with one attached hydrogen (secondary N) is 4. The number of aromatic hydroxyl groups is 1. The van der Waals surface area contributed by atoms with E-state index >= 15 is 0 Å². The molecule has 0 aliphatic heterocycles. The van der Waals surface area contributed by atoms with Gasteiger partial charge in [0, 0.05) is 17.6 Å². The summed E-state index contributed by atoms with van der Waals surface area (Å²) in [6.45, 7) is 3.21. The summed E-state index contributed by atoms with van der Waals surface area (Å²) in [5.74, 6) is -3.06. The fourth-order valence-corrected chi connectivity index (χ4v) is 2.31. The number of carbonyl (C=O) groups is 2. The molecule has 0 heterocycles. The maximum Gasteiger partial charge on any atom is 0.432 e. The quantitative estimate of drug-likeness (QED) is 0.194. The summed E-state index contributed by atoms with van der Waals surface area (Å²) in [6.07, 6.45) is -3.94. The van der Waals surface area contributed by atoms with Gasteiger partial charge in [0.1, 0.15) is 17.3 Å². The Morgan fingerprint density at radius 2 is 1.61 bits per heavy atom. The lowest BCUT2D eigenvalue weighted by molar-refractivity contribution is -0.114. The van der Waals surface area contributed by atoms with Gasteiger partial charge in [0.25, 0.3) is 5.91 Å². The highest BCUT2D eigenvalue weighted by Gasteiger charge is 2.38. The van der Waals surface area contributed by atoms with Gasteiger partial charge in [-0.25, -0.2) is 4.39 Å². The number of halogens is 4. The Kier molecular flexibility index (Phi) is 7.14. The number of phenolic OH excluding ortho intramolecular Hbond substituents is 1. The molecule has 0 saturated heterocycles. The largest absolute Gasteiger partial charge is 0.508 e. The molecular formula is C20H16F4N4O3. The predicted molar refractivity (Wildman–Crippen MR) is 107 cm³/mol. The molecule has 0 aromatic heterocycles. The van der Waals surface area contributed by atoms with E-state index in [1.807, 2.05) is 5.32 Å². The molecule has 7 nitrogen and oxygen atoms in total. The van der Waals surface area contributed by atoms with Crippen molar-refractivity contribution in [1.82, 2.24) is 0 Å². The van der Waals surface area contributed by atoms with Crippen LogP contribution in [0.3, 0.4) is 0 Å². The van der Waals surface area contributed by atoms with E-state index in [1.54, 1.807) is 0 Å². The monoisotopic (exact) mass is 436 g/mol. The fraction of sp³-hybridized carbons (Fsp3) is 0.0500. The number of phenols is 1. The molecule has 2 aromatic rings. The van der Waals surface area contributed by atoms with Gasteiger partial charge in [0.05, 0.1) is 11.3 Å². The highest BCUT2D eigenvalue weighted by atomic mass is 19.4. The van der Waals surface area contributed by atoms with Crippen LogP contribution >= 0.6 is 0 Å². The molecule has 0 spiro atoms. The molecule has 0 saturated carbocycles. The van der Waals surface area contributed by atoms with Crippen molar-refractivity contribution >= 4 is 35.1 Å². The molecule has 0 radical (unpaired) electrons. The van der Waals surface area contributed by atoms with E-state index in [2.05, 4.69) is 17.2 Å². The summed E-state index contributed by atoms with van der Waals surface area (Å²) in [4.78, 5) is 23.8. The van der Waals surface area contributed by atoms with Crippen molar-refractivity contribution in [2.75, 3.05) is 16.0 Å². The third kappa shape index (κ3) is 6.16. The summed E-state index contributed by atoms with van der Waals surface area (Å²) < 4.78 is 54.5. The number of alkyl halides is 3. The van der Waals surface area contributed by atoms with Gasteiger partial charge in [-0.15, -0.1) is 0 Å². The number of amides is 2. The Hall–Kier alpha value is -4.15. The van der Waals surface area contributed by atoms with Crippen LogP contribution in [0.1, 0.15) is 0 Å². The average molecular weight is 436 g/mol. The van der Waals surface area contributed by atoms with Crippen molar-refractivity contribution in [2.24, 2.45) is 0 Å². The number of rotatable bonds is 7. The normalized spacial score (nSPS) is 11.7. The topological polar surface area (TPSA) is 114 Å². The van der Waals surface area contributed by atoms with Gasteiger partial charge in [0.15, 0.2) is 0 Å². The SMILES string of the molecule is C=CC(=O)Nc1cc(NC(=O)/C(C=N)=C(/Nc2ccc(O)cc2)C(F)(F)F)ccc1F. The lowest BCUT2D eigenvalue weighted by Crippen LogP contribution is -2.27. The van der Waals surface area contributed by atoms with Crippen molar-refractivity contribution < 1.29 is 32.3 Å². The Labute approximate surface area is 173 Å². The van der Waals surface area contributed by atoms with Crippen LogP contribution in [0, 0.1) is 11.2 Å². The minimum atomic E-state index is -5.03. The number of allylic oxidation sites excluding steroid dienone is 1. The van der Waals surface area contributed by atoms with Crippen molar-refractivity contribution in [1.29, 1.82) is 5.41 Å². The smallest absolute Gasteiger partial charge is 0.432 e. The summed E-state index contributed by atoms with van der Waals surface area (Å²) in [7, 11) is 0. The summed E-state index contributed by atoms with van der Waals surface area (Å²) in [5, 5.41) is 22.9. The Balaban J connectivity index is 2.38. The molecular weight excluding hydrogens is 420 g/mol. The zero-order valence-electron chi connectivity index (χ0n) is 15.7. The highest BCUT2D eigenvalue weighted by Crippen LogP contribution is 2.30. The first-order chi connectivity index (χ1) is 14.5. The van der Waals surface area contributed by atoms with Crippen LogP contribution in [0.5, 0.6) is 5.75 Å². The van der Waals surface area contributed by atoms with E-state index < -0.39 is 35.1 Å². The molecule has 0 bridgehead atoms. The minimum absolute atomic E-state index is 0.0894. The molecule has 2 aromatic carbocycles. The Bertz CT molecular complexity index is 1050. The van der Waals surface area contributed by atoms with E-state index in [9.17, 15) is 32.3 Å². The van der Waals surface area contributed by atoms with Gasteiger partial charge in [-0.2, -0.15) is 13.2 Å². The Morgan fingerprint density at radius 3 is 2.16 bits per heavy atom. The van der Waals surface area contributed by atoms with Crippen molar-refractivity contribution in [3.8, 4) is 5.75 Å². The molecule has 0 fully saturated rings. The first-order valence-electron chi connectivity index (χ1n) is 8.47. The standard InChI is InChI=1S/C20H16F4N4O3/c1-2-17(30)28-16-9-12(5-8-15(16)21)27-19(31)14(10-25)18(20(22,23)24)26-11-3-6-13(29)7-4-11/h2-10,25-26,29H,1H2,(H,27,31)(H,28,30)/b18-14+,25-10?. The first-order valence-corrected chi connectivity index (χ1v) is 8.47. The maximum absolute atomic E-state index is 13.8. The van der Waals surface area contributed by atoms with Crippen LogP contribution in [-0.2, 0) is 9.59 Å². The van der Waals surface area contributed by atoms with E-state index in [0.717, 1.165) is 48.5 Å². The molecule has 11 heteroatoms. The number of hydrogen-bond acceptors (Lipinski definition) is 5. The number of anilines is 3. The summed E-state index contributed by atoms with van der Waals surface area (Å²) >= 11 is 0. The van der Waals surface area contributed by atoms with Crippen LogP contribution < -0.4 is 16.0 Å². The third-order valence-corrected chi connectivity index (χ3v) is 3.75. The lowest BCUT2D eigenvalue weighted by Gasteiger charge is -2.18. The molecule has 31 heavy (non-hydrogen) atoms. The molecule has 0 aliphatic carbocycles. The van der Waals surface area contributed by atoms with E-state index in [-0.39, 0.29) is 29.0 Å². The van der Waals surface area contributed by atoms with Crippen LogP contribution in [0.2, 0.25) is 0 Å². The van der Waals surface area contributed by atoms with E-state index in [4.69, 9.17) is 5.41 Å². The lowest BCUT2D eigenvalue weighted by atomic mass is 10.1. The second-order valence-electron chi connectivity index (χ2n) is 5.94. The minimum Gasteiger partial charge on any atom is -0.508 e. The van der Waals surface area contributed by atoms with Crippen molar-refractivity contribution in [2.45, 2.75) is 6.18 Å². The number of carbonyl (C=O) groups excluding carboxylic acids is 2. The second-order valence-corrected chi connectivity index (χ2v) is 5.94. The molecule has 2 rings (SSSR count). The molecule has 0 aliphatic rings. The first kappa shape index (κ1) is 23.1. The molecule has 0 unspecified atom stereocenters. The van der Waals surface area contributed by atoms with Gasteiger partial charge in [-0.05, 0) is 48.5 Å². The zero-order chi connectivity index (χ0) is 23.2. The van der Waals surface area contributed by atoms with Gasteiger partial charge < -0.3 is 26.5 Å². The van der Waals surface area contributed by atoms with E-state index in [1.165, 1.54) is 0 Å². The predicted octanol–water partition coefficient (Wildman–Crippen LogP) is 4.17. The number of benzene rings is 2. The molecule has 0 atom stereocenters.